The molecule has 0 aliphatic heterocycles. The molecule has 0 spiro atoms. The van der Waals surface area contributed by atoms with Crippen molar-refractivity contribution in [3.8, 4) is 5.69 Å². The van der Waals surface area contributed by atoms with Crippen LogP contribution >= 0.6 is 0 Å². The van der Waals surface area contributed by atoms with Crippen molar-refractivity contribution in [3.63, 3.8) is 0 Å². The number of fused-ring (bicyclic) bond motifs is 2. The largest absolute Gasteiger partial charge is 0.394 e. The van der Waals surface area contributed by atoms with Gasteiger partial charge in [-0.15, -0.1) is 0 Å². The van der Waals surface area contributed by atoms with Gasteiger partial charge in [0.15, 0.2) is 0 Å². The summed E-state index contributed by atoms with van der Waals surface area (Å²) in [5.74, 6) is -0.798. The number of rotatable bonds is 6. The number of carbonyl (C=O) groups is 2. The summed E-state index contributed by atoms with van der Waals surface area (Å²) in [4.78, 5) is 57.3. The van der Waals surface area contributed by atoms with E-state index in [0.717, 1.165) is 34.7 Å². The first kappa shape index (κ1) is 25.2. The highest BCUT2D eigenvalue weighted by molar-refractivity contribution is 5.97. The number of carbonyl (C=O) groups excluding carboxylic acids is 2. The van der Waals surface area contributed by atoms with Gasteiger partial charge in [0.1, 0.15) is 29.1 Å². The number of benzene rings is 2. The topological polar surface area (TPSA) is 149 Å². The molecule has 0 fully saturated rings. The predicted molar refractivity (Wildman–Crippen MR) is 150 cm³/mol. The highest BCUT2D eigenvalue weighted by atomic mass is 16.2. The first-order valence-corrected chi connectivity index (χ1v) is 12.9. The molecular formula is C30H26N6O4. The maximum atomic E-state index is 13.0. The van der Waals surface area contributed by atoms with E-state index >= 15 is 0 Å². The van der Waals surface area contributed by atoms with Crippen molar-refractivity contribution >= 4 is 28.3 Å². The third-order valence-electron chi connectivity index (χ3n) is 7.74. The van der Waals surface area contributed by atoms with E-state index in [9.17, 15) is 19.2 Å². The van der Waals surface area contributed by atoms with E-state index in [1.165, 1.54) is 29.1 Å². The Morgan fingerprint density at radius 3 is 2.50 bits per heavy atom. The normalized spacial score (nSPS) is 14.4. The van der Waals surface area contributed by atoms with Crippen LogP contribution in [-0.2, 0) is 13.0 Å². The number of nitrogen functional groups attached to an aromatic ring is 1. The Labute approximate surface area is 228 Å². The molecule has 40 heavy (non-hydrogen) atoms. The van der Waals surface area contributed by atoms with E-state index in [1.807, 2.05) is 18.2 Å². The molecular weight excluding hydrogens is 508 g/mol. The van der Waals surface area contributed by atoms with Gasteiger partial charge >= 0.3 is 0 Å². The molecule has 0 radical (unpaired) electrons. The van der Waals surface area contributed by atoms with E-state index < -0.39 is 16.8 Å². The summed E-state index contributed by atoms with van der Waals surface area (Å²) in [6, 6.07) is 11.0. The minimum Gasteiger partial charge on any atom is -0.394 e. The maximum Gasteiger partial charge on any atom is 0.270 e. The maximum absolute atomic E-state index is 13.0. The monoisotopic (exact) mass is 534 g/mol. The second-order valence-corrected chi connectivity index (χ2v) is 10.2. The quantitative estimate of drug-likeness (QED) is 0.284. The molecule has 0 saturated carbocycles. The van der Waals surface area contributed by atoms with Gasteiger partial charge < -0.3 is 20.9 Å². The van der Waals surface area contributed by atoms with Crippen molar-refractivity contribution in [2.45, 2.75) is 39.3 Å². The number of hydrogen-bond donors (Lipinski definition) is 3. The van der Waals surface area contributed by atoms with E-state index in [0.29, 0.717) is 0 Å². The summed E-state index contributed by atoms with van der Waals surface area (Å²) >= 11 is 0. The van der Waals surface area contributed by atoms with E-state index in [4.69, 9.17) is 5.73 Å². The zero-order valence-electron chi connectivity index (χ0n) is 21.9. The molecule has 6 rings (SSSR count). The zero-order valence-corrected chi connectivity index (χ0v) is 21.9. The van der Waals surface area contributed by atoms with Gasteiger partial charge in [0.2, 0.25) is 0 Å². The minimum absolute atomic E-state index is 0.0473. The molecule has 4 N–H and O–H groups in total. The van der Waals surface area contributed by atoms with Gasteiger partial charge in [0, 0.05) is 30.4 Å². The summed E-state index contributed by atoms with van der Waals surface area (Å²) in [6.07, 6.45) is 6.38. The van der Waals surface area contributed by atoms with Crippen molar-refractivity contribution in [2.75, 3.05) is 5.73 Å². The van der Waals surface area contributed by atoms with Crippen LogP contribution in [0.5, 0.6) is 0 Å². The average Bonchev–Trinajstić information content (AvgIpc) is 3.57. The fourth-order valence-corrected chi connectivity index (χ4v) is 5.34. The standard InChI is InChI=1S/C30H26N6O4/c1-15-3-6-21-20(16(15)2)7-8-22(21)35-30(40)24-10-23(33-14-34-24)29(39)32-11-17-4-5-18-12-36(13-19(18)9-17)26-25(31)27(37)28(26)38/h3-6,9-10,12-14,22H,7-8,11,31H2,1-2H3,(H,32,39)(H,35,40)/t22-/m0/s1. The van der Waals surface area contributed by atoms with E-state index in [1.54, 1.807) is 17.0 Å². The van der Waals surface area contributed by atoms with Crippen molar-refractivity contribution in [1.82, 2.24) is 25.2 Å². The Morgan fingerprint density at radius 2 is 1.73 bits per heavy atom. The molecule has 2 amide bonds. The second-order valence-electron chi connectivity index (χ2n) is 10.2. The summed E-state index contributed by atoms with van der Waals surface area (Å²) < 4.78 is 1.55. The Balaban J connectivity index is 1.12. The van der Waals surface area contributed by atoms with Crippen LogP contribution in [0.4, 0.5) is 5.69 Å². The van der Waals surface area contributed by atoms with Crippen LogP contribution in [0.2, 0.25) is 0 Å². The predicted octanol–water partition coefficient (Wildman–Crippen LogP) is 2.56. The van der Waals surface area contributed by atoms with Gasteiger partial charge in [-0.1, -0.05) is 24.3 Å². The lowest BCUT2D eigenvalue weighted by atomic mass is 9.99. The molecule has 200 valence electrons. The summed E-state index contributed by atoms with van der Waals surface area (Å²) in [7, 11) is 0. The first-order chi connectivity index (χ1) is 19.2. The lowest BCUT2D eigenvalue weighted by molar-refractivity contribution is 0.0931. The number of anilines is 1. The molecule has 0 bridgehead atoms. The third-order valence-corrected chi connectivity index (χ3v) is 7.74. The fourth-order valence-electron chi connectivity index (χ4n) is 5.34. The van der Waals surface area contributed by atoms with Gasteiger partial charge in [-0.05, 0) is 66.0 Å². The van der Waals surface area contributed by atoms with Gasteiger partial charge in [-0.25, -0.2) is 9.97 Å². The molecule has 1 atom stereocenters. The Hall–Kier alpha value is -5.12. The molecule has 0 unspecified atom stereocenters. The van der Waals surface area contributed by atoms with E-state index in [-0.39, 0.29) is 41.3 Å². The molecule has 1 aliphatic rings. The third kappa shape index (κ3) is 4.23. The van der Waals surface area contributed by atoms with Crippen LogP contribution in [0, 0.1) is 13.8 Å². The average molecular weight is 535 g/mol. The summed E-state index contributed by atoms with van der Waals surface area (Å²) in [5.41, 5.74) is 10.5. The molecule has 0 saturated heterocycles. The lowest BCUT2D eigenvalue weighted by Crippen LogP contribution is -2.38. The van der Waals surface area contributed by atoms with Crippen molar-refractivity contribution in [3.05, 3.63) is 115 Å². The van der Waals surface area contributed by atoms with Crippen LogP contribution in [0.25, 0.3) is 16.5 Å². The molecule has 1 aliphatic carbocycles. The summed E-state index contributed by atoms with van der Waals surface area (Å²) in [5, 5.41) is 7.54. The van der Waals surface area contributed by atoms with Crippen LogP contribution in [0.1, 0.15) is 61.3 Å². The van der Waals surface area contributed by atoms with Gasteiger partial charge in [-0.2, -0.15) is 0 Å². The van der Waals surface area contributed by atoms with Crippen LogP contribution in [0.3, 0.4) is 0 Å². The summed E-state index contributed by atoms with van der Waals surface area (Å²) in [6.45, 7) is 4.41. The number of aryl methyl sites for hydroxylation is 1. The highest BCUT2D eigenvalue weighted by Gasteiger charge is 2.27. The number of nitrogens with one attached hydrogen (secondary N) is 2. The number of nitrogens with two attached hydrogens (primary N) is 1. The van der Waals surface area contributed by atoms with Crippen LogP contribution in [0.15, 0.2) is 64.7 Å². The van der Waals surface area contributed by atoms with Crippen LogP contribution in [-0.4, -0.2) is 26.3 Å². The SMILES string of the molecule is Cc1ccc2c(c1C)CC[C@@H]2NC(=O)c1cc(C(=O)NCc2ccc3cn(-c4c(N)c(=O)c4=O)cc3c2)ncn1. The van der Waals surface area contributed by atoms with Gasteiger partial charge in [0.05, 0.1) is 6.04 Å². The molecule has 3 aromatic carbocycles. The number of amides is 2. The van der Waals surface area contributed by atoms with Crippen LogP contribution < -0.4 is 27.2 Å². The molecule has 5 aromatic rings. The van der Waals surface area contributed by atoms with E-state index in [2.05, 4.69) is 46.6 Å². The van der Waals surface area contributed by atoms with Crippen molar-refractivity contribution < 1.29 is 9.59 Å². The van der Waals surface area contributed by atoms with Gasteiger partial charge in [-0.3, -0.25) is 19.2 Å². The highest BCUT2D eigenvalue weighted by Crippen LogP contribution is 2.34. The molecule has 10 nitrogen and oxygen atoms in total. The smallest absolute Gasteiger partial charge is 0.270 e. The Bertz CT molecular complexity index is 1910. The number of nitrogens with zero attached hydrogens (tertiary/aromatic N) is 3. The lowest BCUT2D eigenvalue weighted by Gasteiger charge is -2.15. The number of aromatic nitrogens is 3. The fraction of sp³-hybridized carbons (Fsp3) is 0.200. The van der Waals surface area contributed by atoms with Crippen molar-refractivity contribution in [2.24, 2.45) is 0 Å². The van der Waals surface area contributed by atoms with Crippen molar-refractivity contribution in [1.29, 1.82) is 0 Å². The first-order valence-electron chi connectivity index (χ1n) is 12.9. The zero-order chi connectivity index (χ0) is 28.1. The minimum atomic E-state index is -0.671. The second kappa shape index (κ2) is 9.57. The molecule has 10 heteroatoms. The Morgan fingerprint density at radius 1 is 0.975 bits per heavy atom. The molecule has 2 heterocycles. The van der Waals surface area contributed by atoms with Gasteiger partial charge in [0.25, 0.3) is 22.7 Å². The molecule has 2 aromatic heterocycles. The Kier molecular flexibility index (Phi) is 6.02. The number of hydrogen-bond acceptors (Lipinski definition) is 7.